The molecule has 0 atom stereocenters. The van der Waals surface area contributed by atoms with Crippen LogP contribution in [0.3, 0.4) is 0 Å². The first kappa shape index (κ1) is 18.4. The van der Waals surface area contributed by atoms with Crippen LogP contribution in [0.5, 0.6) is 0 Å². The number of nitrogens with zero attached hydrogens (tertiary/aromatic N) is 3. The molecular formula is C19H16BrN3O2S. The summed E-state index contributed by atoms with van der Waals surface area (Å²) in [5.41, 5.74) is 1.56. The molecule has 0 radical (unpaired) electrons. The molecule has 0 unspecified atom stereocenters. The quantitative estimate of drug-likeness (QED) is 0.537. The molecule has 1 aromatic heterocycles. The van der Waals surface area contributed by atoms with Gasteiger partial charge in [0, 0.05) is 35.5 Å². The van der Waals surface area contributed by atoms with Crippen molar-refractivity contribution in [1.82, 2.24) is 10.2 Å². The zero-order chi connectivity index (χ0) is 18.5. The third kappa shape index (κ3) is 4.42. The number of rotatable bonds is 6. The molecular weight excluding hydrogens is 414 g/mol. The van der Waals surface area contributed by atoms with E-state index in [0.29, 0.717) is 10.7 Å². The third-order valence-electron chi connectivity index (χ3n) is 3.83. The number of hydrogen-bond acceptors (Lipinski definition) is 5. The van der Waals surface area contributed by atoms with E-state index in [1.165, 1.54) is 16.2 Å². The molecule has 3 aromatic rings. The number of Topliss-reactive ketones (excluding diaryl/α,β-unsaturated/α-hetero) is 1. The summed E-state index contributed by atoms with van der Waals surface area (Å²) in [5, 5.41) is 9.51. The van der Waals surface area contributed by atoms with Gasteiger partial charge in [0.25, 0.3) is 0 Å². The molecule has 7 heteroatoms. The summed E-state index contributed by atoms with van der Waals surface area (Å²) >= 11 is 4.74. The minimum atomic E-state index is -0.159. The second-order valence-electron chi connectivity index (χ2n) is 5.64. The standard InChI is InChI=1S/C19H16BrN3O2S/c1-23(17(25)12-11-16(24)13-5-3-2-4-6-13)19-22-21-18(26-19)14-7-9-15(20)10-8-14/h2-10H,11-12H2,1H3. The van der Waals surface area contributed by atoms with Gasteiger partial charge in [-0.2, -0.15) is 0 Å². The van der Waals surface area contributed by atoms with Crippen LogP contribution in [-0.4, -0.2) is 28.9 Å². The summed E-state index contributed by atoms with van der Waals surface area (Å²) in [6, 6.07) is 16.7. The first-order valence-corrected chi connectivity index (χ1v) is 9.60. The van der Waals surface area contributed by atoms with Gasteiger partial charge in [-0.25, -0.2) is 0 Å². The van der Waals surface area contributed by atoms with Gasteiger partial charge in [-0.1, -0.05) is 69.7 Å². The molecule has 1 heterocycles. The van der Waals surface area contributed by atoms with E-state index in [2.05, 4.69) is 26.1 Å². The van der Waals surface area contributed by atoms with Gasteiger partial charge in [0.15, 0.2) is 5.78 Å². The van der Waals surface area contributed by atoms with Crippen LogP contribution < -0.4 is 4.90 Å². The Balaban J connectivity index is 1.62. The van der Waals surface area contributed by atoms with Gasteiger partial charge in [-0.3, -0.25) is 14.5 Å². The molecule has 0 aliphatic carbocycles. The number of anilines is 1. The first-order valence-electron chi connectivity index (χ1n) is 7.99. The van der Waals surface area contributed by atoms with Gasteiger partial charge < -0.3 is 0 Å². The molecule has 26 heavy (non-hydrogen) atoms. The van der Waals surface area contributed by atoms with Crippen LogP contribution in [0.1, 0.15) is 23.2 Å². The van der Waals surface area contributed by atoms with Crippen LogP contribution in [0.2, 0.25) is 0 Å². The number of amides is 1. The fourth-order valence-corrected chi connectivity index (χ4v) is 3.42. The molecule has 0 saturated carbocycles. The van der Waals surface area contributed by atoms with E-state index in [4.69, 9.17) is 0 Å². The van der Waals surface area contributed by atoms with Gasteiger partial charge in [-0.15, -0.1) is 10.2 Å². The van der Waals surface area contributed by atoms with Crippen LogP contribution in [0, 0.1) is 0 Å². The normalized spacial score (nSPS) is 10.5. The van der Waals surface area contributed by atoms with Crippen LogP contribution in [0.15, 0.2) is 59.1 Å². The maximum Gasteiger partial charge on any atom is 0.229 e. The highest BCUT2D eigenvalue weighted by Gasteiger charge is 2.18. The van der Waals surface area contributed by atoms with Gasteiger partial charge in [0.05, 0.1) is 0 Å². The van der Waals surface area contributed by atoms with Crippen molar-refractivity contribution in [3.05, 3.63) is 64.6 Å². The topological polar surface area (TPSA) is 63.2 Å². The number of ketones is 1. The number of hydrogen-bond donors (Lipinski definition) is 0. The Morgan fingerprint density at radius 2 is 1.69 bits per heavy atom. The molecule has 0 aliphatic heterocycles. The molecule has 0 saturated heterocycles. The Hall–Kier alpha value is -2.38. The van der Waals surface area contributed by atoms with Crippen molar-refractivity contribution in [3.63, 3.8) is 0 Å². The lowest BCUT2D eigenvalue weighted by Gasteiger charge is -2.12. The molecule has 3 rings (SSSR count). The van der Waals surface area contributed by atoms with Gasteiger partial charge in [0.2, 0.25) is 11.0 Å². The van der Waals surface area contributed by atoms with Crippen molar-refractivity contribution in [1.29, 1.82) is 0 Å². The van der Waals surface area contributed by atoms with Gasteiger partial charge in [0.1, 0.15) is 5.01 Å². The SMILES string of the molecule is CN(C(=O)CCC(=O)c1ccccc1)c1nnc(-c2ccc(Br)cc2)s1. The van der Waals surface area contributed by atoms with E-state index >= 15 is 0 Å². The molecule has 1 amide bonds. The monoisotopic (exact) mass is 429 g/mol. The highest BCUT2D eigenvalue weighted by Crippen LogP contribution is 2.29. The molecule has 2 aromatic carbocycles. The van der Waals surface area contributed by atoms with Crippen LogP contribution in [-0.2, 0) is 4.79 Å². The summed E-state index contributed by atoms with van der Waals surface area (Å²) in [4.78, 5) is 26.0. The van der Waals surface area contributed by atoms with Crippen molar-refractivity contribution >= 4 is 44.1 Å². The lowest BCUT2D eigenvalue weighted by molar-refractivity contribution is -0.118. The average Bonchev–Trinajstić information content (AvgIpc) is 3.16. The highest BCUT2D eigenvalue weighted by atomic mass is 79.9. The van der Waals surface area contributed by atoms with E-state index in [1.807, 2.05) is 42.5 Å². The van der Waals surface area contributed by atoms with Crippen molar-refractivity contribution in [2.45, 2.75) is 12.8 Å². The zero-order valence-electron chi connectivity index (χ0n) is 14.1. The van der Waals surface area contributed by atoms with Crippen molar-refractivity contribution in [2.24, 2.45) is 0 Å². The molecule has 132 valence electrons. The average molecular weight is 430 g/mol. The lowest BCUT2D eigenvalue weighted by atomic mass is 10.1. The van der Waals surface area contributed by atoms with E-state index in [0.717, 1.165) is 15.0 Å². The van der Waals surface area contributed by atoms with Gasteiger partial charge >= 0.3 is 0 Å². The Morgan fingerprint density at radius 3 is 2.38 bits per heavy atom. The second-order valence-corrected chi connectivity index (χ2v) is 7.51. The minimum absolute atomic E-state index is 0.0415. The summed E-state index contributed by atoms with van der Waals surface area (Å²) in [7, 11) is 1.65. The Morgan fingerprint density at radius 1 is 1.00 bits per heavy atom. The molecule has 0 N–H and O–H groups in total. The van der Waals surface area contributed by atoms with Crippen LogP contribution in [0.25, 0.3) is 10.6 Å². The van der Waals surface area contributed by atoms with Crippen LogP contribution in [0.4, 0.5) is 5.13 Å². The Kier molecular flexibility index (Phi) is 5.90. The summed E-state index contributed by atoms with van der Waals surface area (Å²) in [6.45, 7) is 0. The Bertz CT molecular complexity index is 910. The molecule has 0 fully saturated rings. The summed E-state index contributed by atoms with van der Waals surface area (Å²) < 4.78 is 0.987. The lowest BCUT2D eigenvalue weighted by Crippen LogP contribution is -2.26. The van der Waals surface area contributed by atoms with Gasteiger partial charge in [-0.05, 0) is 12.1 Å². The molecule has 0 spiro atoms. The number of carbonyl (C=O) groups is 2. The number of halogens is 1. The van der Waals surface area contributed by atoms with Crippen molar-refractivity contribution in [3.8, 4) is 10.6 Å². The smallest absolute Gasteiger partial charge is 0.229 e. The predicted molar refractivity (Wildman–Crippen MR) is 106 cm³/mol. The second kappa shape index (κ2) is 8.33. The summed E-state index contributed by atoms with van der Waals surface area (Å²) in [5.74, 6) is -0.201. The zero-order valence-corrected chi connectivity index (χ0v) is 16.5. The predicted octanol–water partition coefficient (Wildman–Crippen LogP) is 4.59. The van der Waals surface area contributed by atoms with E-state index in [9.17, 15) is 9.59 Å². The minimum Gasteiger partial charge on any atom is -0.294 e. The number of benzene rings is 2. The molecule has 0 aliphatic rings. The number of carbonyl (C=O) groups excluding carboxylic acids is 2. The molecule has 0 bridgehead atoms. The Labute approximate surface area is 163 Å². The third-order valence-corrected chi connectivity index (χ3v) is 5.41. The first-order chi connectivity index (χ1) is 12.5. The van der Waals surface area contributed by atoms with Crippen molar-refractivity contribution < 1.29 is 9.59 Å². The maximum atomic E-state index is 12.4. The van der Waals surface area contributed by atoms with E-state index in [1.54, 1.807) is 19.2 Å². The fourth-order valence-electron chi connectivity index (χ4n) is 2.32. The van der Waals surface area contributed by atoms with Crippen molar-refractivity contribution in [2.75, 3.05) is 11.9 Å². The summed E-state index contributed by atoms with van der Waals surface area (Å²) in [6.07, 6.45) is 0.309. The highest BCUT2D eigenvalue weighted by molar-refractivity contribution is 9.10. The van der Waals surface area contributed by atoms with E-state index in [-0.39, 0.29) is 24.5 Å². The largest absolute Gasteiger partial charge is 0.294 e. The molecule has 5 nitrogen and oxygen atoms in total. The van der Waals surface area contributed by atoms with Crippen LogP contribution >= 0.6 is 27.3 Å². The number of aromatic nitrogens is 2. The fraction of sp³-hybridized carbons (Fsp3) is 0.158. The maximum absolute atomic E-state index is 12.4. The van der Waals surface area contributed by atoms with E-state index < -0.39 is 0 Å².